The number of hydrogen-bond acceptors (Lipinski definition) is 3. The Labute approximate surface area is 129 Å². The predicted octanol–water partition coefficient (Wildman–Crippen LogP) is 4.38. The van der Waals surface area contributed by atoms with Crippen molar-refractivity contribution < 1.29 is 9.53 Å². The van der Waals surface area contributed by atoms with Crippen molar-refractivity contribution in [2.24, 2.45) is 0 Å². The van der Waals surface area contributed by atoms with Crippen molar-refractivity contribution >= 4 is 16.9 Å². The minimum Gasteiger partial charge on any atom is -0.421 e. The van der Waals surface area contributed by atoms with Crippen LogP contribution in [0, 0.1) is 20.8 Å². The summed E-state index contributed by atoms with van der Waals surface area (Å²) in [5.74, 6) is 0.197. The van der Waals surface area contributed by atoms with E-state index in [2.05, 4.69) is 4.98 Å². The van der Waals surface area contributed by atoms with Crippen molar-refractivity contribution in [2.45, 2.75) is 20.8 Å². The number of pyridine rings is 1. The summed E-state index contributed by atoms with van der Waals surface area (Å²) >= 11 is 0. The van der Waals surface area contributed by atoms with Gasteiger partial charge < -0.3 is 4.74 Å². The van der Waals surface area contributed by atoms with E-state index < -0.39 is 5.97 Å². The van der Waals surface area contributed by atoms with Gasteiger partial charge in [-0.3, -0.25) is 0 Å². The highest BCUT2D eigenvalue weighted by molar-refractivity contribution is 5.92. The van der Waals surface area contributed by atoms with Gasteiger partial charge in [0.1, 0.15) is 11.4 Å². The molecule has 0 radical (unpaired) electrons. The lowest BCUT2D eigenvalue weighted by Gasteiger charge is -2.12. The molecule has 22 heavy (non-hydrogen) atoms. The Balaban J connectivity index is 1.95. The molecule has 0 unspecified atom stereocenters. The van der Waals surface area contributed by atoms with Crippen LogP contribution in [0.4, 0.5) is 0 Å². The number of hydrogen-bond donors (Lipinski definition) is 0. The highest BCUT2D eigenvalue weighted by Crippen LogP contribution is 2.26. The molecule has 3 heteroatoms. The van der Waals surface area contributed by atoms with Gasteiger partial charge in [0.2, 0.25) is 0 Å². The predicted molar refractivity (Wildman–Crippen MR) is 87.4 cm³/mol. The average molecular weight is 291 g/mol. The lowest BCUT2D eigenvalue weighted by Crippen LogP contribution is -2.12. The van der Waals surface area contributed by atoms with Crippen molar-refractivity contribution in [3.63, 3.8) is 0 Å². The van der Waals surface area contributed by atoms with E-state index in [-0.39, 0.29) is 0 Å². The average Bonchev–Trinajstić information content (AvgIpc) is 2.54. The lowest BCUT2D eigenvalue weighted by molar-refractivity contribution is 0.0726. The smallest absolute Gasteiger partial charge is 0.362 e. The third-order valence-corrected chi connectivity index (χ3v) is 3.88. The molecule has 0 aliphatic carbocycles. The van der Waals surface area contributed by atoms with Crippen LogP contribution in [0.2, 0.25) is 0 Å². The number of benzene rings is 2. The van der Waals surface area contributed by atoms with Crippen LogP contribution in [0.5, 0.6) is 5.75 Å². The minimum absolute atomic E-state index is 0.319. The number of para-hydroxylation sites is 1. The number of carbonyl (C=O) groups is 1. The zero-order valence-electron chi connectivity index (χ0n) is 12.9. The molecule has 0 N–H and O–H groups in total. The second kappa shape index (κ2) is 5.60. The number of aromatic nitrogens is 1. The van der Waals surface area contributed by atoms with Crippen LogP contribution in [0.1, 0.15) is 27.2 Å². The highest BCUT2D eigenvalue weighted by atomic mass is 16.5. The van der Waals surface area contributed by atoms with E-state index >= 15 is 0 Å². The lowest BCUT2D eigenvalue weighted by atomic mass is 10.1. The van der Waals surface area contributed by atoms with E-state index in [1.165, 1.54) is 0 Å². The molecular formula is C19H17NO2. The summed E-state index contributed by atoms with van der Waals surface area (Å²) in [6.07, 6.45) is 0. The second-order valence-corrected chi connectivity index (χ2v) is 5.43. The van der Waals surface area contributed by atoms with Gasteiger partial charge in [-0.1, -0.05) is 36.4 Å². The molecule has 3 aromatic rings. The van der Waals surface area contributed by atoms with Gasteiger partial charge in [-0.05, 0) is 49.6 Å². The summed E-state index contributed by atoms with van der Waals surface area (Å²) in [6, 6.07) is 15.3. The summed E-state index contributed by atoms with van der Waals surface area (Å²) < 4.78 is 5.59. The SMILES string of the molecule is Cc1ccc(C)c(OC(=O)c2ccc3ccccc3n2)c1C. The summed E-state index contributed by atoms with van der Waals surface area (Å²) in [5.41, 5.74) is 4.12. The summed E-state index contributed by atoms with van der Waals surface area (Å²) in [6.45, 7) is 5.89. The number of fused-ring (bicyclic) bond motifs is 1. The normalized spacial score (nSPS) is 10.7. The molecule has 0 aliphatic heterocycles. The molecule has 0 spiro atoms. The molecule has 1 heterocycles. The molecule has 1 aromatic heterocycles. The van der Waals surface area contributed by atoms with Crippen LogP contribution in [-0.2, 0) is 0 Å². The van der Waals surface area contributed by atoms with Gasteiger partial charge in [-0.15, -0.1) is 0 Å². The van der Waals surface area contributed by atoms with Crippen LogP contribution < -0.4 is 4.74 Å². The van der Waals surface area contributed by atoms with Crippen LogP contribution in [0.3, 0.4) is 0 Å². The molecule has 110 valence electrons. The van der Waals surface area contributed by atoms with Crippen molar-refractivity contribution in [3.8, 4) is 5.75 Å². The number of aryl methyl sites for hydroxylation is 2. The van der Waals surface area contributed by atoms with E-state index in [0.717, 1.165) is 27.6 Å². The van der Waals surface area contributed by atoms with Crippen molar-refractivity contribution in [1.82, 2.24) is 4.98 Å². The Morgan fingerprint density at radius 1 is 0.909 bits per heavy atom. The molecule has 3 rings (SSSR count). The Bertz CT molecular complexity index is 868. The van der Waals surface area contributed by atoms with Crippen LogP contribution >= 0.6 is 0 Å². The topological polar surface area (TPSA) is 39.2 Å². The zero-order valence-corrected chi connectivity index (χ0v) is 12.9. The van der Waals surface area contributed by atoms with Crippen LogP contribution in [-0.4, -0.2) is 11.0 Å². The van der Waals surface area contributed by atoms with Crippen molar-refractivity contribution in [1.29, 1.82) is 0 Å². The number of rotatable bonds is 2. The first-order chi connectivity index (χ1) is 10.6. The first kappa shape index (κ1) is 14.3. The molecule has 0 saturated heterocycles. The van der Waals surface area contributed by atoms with Gasteiger partial charge in [0.25, 0.3) is 0 Å². The second-order valence-electron chi connectivity index (χ2n) is 5.43. The van der Waals surface area contributed by atoms with E-state index in [9.17, 15) is 4.79 Å². The number of esters is 1. The van der Waals surface area contributed by atoms with E-state index in [4.69, 9.17) is 4.74 Å². The summed E-state index contributed by atoms with van der Waals surface area (Å²) in [4.78, 5) is 16.8. The fourth-order valence-corrected chi connectivity index (χ4v) is 2.41. The molecule has 0 atom stereocenters. The molecule has 0 saturated carbocycles. The van der Waals surface area contributed by atoms with Gasteiger partial charge in [-0.2, -0.15) is 0 Å². The van der Waals surface area contributed by atoms with Crippen LogP contribution in [0.25, 0.3) is 10.9 Å². The standard InChI is InChI=1S/C19H17NO2/c1-12-8-9-13(2)18(14(12)3)22-19(21)17-11-10-15-6-4-5-7-16(15)20-17/h4-11H,1-3H3. The monoisotopic (exact) mass is 291 g/mol. The summed E-state index contributed by atoms with van der Waals surface area (Å²) in [7, 11) is 0. The Kier molecular flexibility index (Phi) is 3.63. The molecule has 0 aliphatic rings. The van der Waals surface area contributed by atoms with Gasteiger partial charge in [-0.25, -0.2) is 9.78 Å². The first-order valence-corrected chi connectivity index (χ1v) is 7.21. The van der Waals surface area contributed by atoms with Gasteiger partial charge >= 0.3 is 5.97 Å². The van der Waals surface area contributed by atoms with E-state index in [1.807, 2.05) is 63.2 Å². The zero-order chi connectivity index (χ0) is 15.7. The fourth-order valence-electron chi connectivity index (χ4n) is 2.41. The number of carbonyl (C=O) groups excluding carboxylic acids is 1. The molecule has 0 fully saturated rings. The van der Waals surface area contributed by atoms with Gasteiger partial charge in [0, 0.05) is 5.39 Å². The first-order valence-electron chi connectivity index (χ1n) is 7.21. The van der Waals surface area contributed by atoms with E-state index in [1.54, 1.807) is 6.07 Å². The quantitative estimate of drug-likeness (QED) is 0.519. The molecule has 3 nitrogen and oxygen atoms in total. The third kappa shape index (κ3) is 2.58. The van der Waals surface area contributed by atoms with Gasteiger partial charge in [0.05, 0.1) is 5.52 Å². The van der Waals surface area contributed by atoms with Crippen LogP contribution in [0.15, 0.2) is 48.5 Å². The molecule has 0 bridgehead atoms. The third-order valence-electron chi connectivity index (χ3n) is 3.88. The molecule has 0 amide bonds. The fraction of sp³-hybridized carbons (Fsp3) is 0.158. The Hall–Kier alpha value is -2.68. The Morgan fingerprint density at radius 3 is 2.45 bits per heavy atom. The van der Waals surface area contributed by atoms with Crippen molar-refractivity contribution in [3.05, 3.63) is 70.9 Å². The van der Waals surface area contributed by atoms with Gasteiger partial charge in [0.15, 0.2) is 0 Å². The maximum Gasteiger partial charge on any atom is 0.362 e. The summed E-state index contributed by atoms with van der Waals surface area (Å²) in [5, 5.41) is 1.00. The molecule has 2 aromatic carbocycles. The van der Waals surface area contributed by atoms with Crippen molar-refractivity contribution in [2.75, 3.05) is 0 Å². The maximum atomic E-state index is 12.4. The number of ether oxygens (including phenoxy) is 1. The molecular weight excluding hydrogens is 274 g/mol. The van der Waals surface area contributed by atoms with E-state index in [0.29, 0.717) is 11.4 Å². The number of nitrogens with zero attached hydrogens (tertiary/aromatic N) is 1. The minimum atomic E-state index is -0.428. The Morgan fingerprint density at radius 2 is 1.64 bits per heavy atom. The largest absolute Gasteiger partial charge is 0.421 e. The highest BCUT2D eigenvalue weighted by Gasteiger charge is 2.15. The maximum absolute atomic E-state index is 12.4.